The van der Waals surface area contributed by atoms with Gasteiger partial charge in [0.1, 0.15) is 12.3 Å². The molecule has 2 aromatic carbocycles. The fourth-order valence-corrected chi connectivity index (χ4v) is 4.44. The van der Waals surface area contributed by atoms with E-state index >= 15 is 0 Å². The highest BCUT2D eigenvalue weighted by atomic mass is 32.1. The van der Waals surface area contributed by atoms with Crippen LogP contribution in [0.2, 0.25) is 0 Å². The third-order valence-electron chi connectivity index (χ3n) is 5.69. The number of rotatable bonds is 8. The lowest BCUT2D eigenvalue weighted by molar-refractivity contribution is -0.119. The van der Waals surface area contributed by atoms with Gasteiger partial charge in [-0.3, -0.25) is 14.6 Å². The quantitative estimate of drug-likeness (QED) is 0.560. The molecule has 1 aliphatic heterocycles. The Morgan fingerprint density at radius 1 is 1.03 bits per heavy atom. The number of thiophene rings is 1. The summed E-state index contributed by atoms with van der Waals surface area (Å²) in [7, 11) is 0. The Hall–Kier alpha value is -3.16. The number of benzene rings is 2. The number of carbonyl (C=O) groups is 2. The summed E-state index contributed by atoms with van der Waals surface area (Å²) in [5, 5.41) is 5.90. The molecule has 1 aliphatic carbocycles. The summed E-state index contributed by atoms with van der Waals surface area (Å²) in [6.45, 7) is 0.696. The average molecular weight is 433 g/mol. The molecule has 0 saturated heterocycles. The zero-order valence-electron chi connectivity index (χ0n) is 17.1. The van der Waals surface area contributed by atoms with Gasteiger partial charge in [0, 0.05) is 18.0 Å². The molecule has 7 heteroatoms. The third-order valence-corrected chi connectivity index (χ3v) is 6.43. The molecule has 1 saturated carbocycles. The van der Waals surface area contributed by atoms with Crippen molar-refractivity contribution in [3.8, 4) is 0 Å². The van der Waals surface area contributed by atoms with E-state index in [1.165, 1.54) is 0 Å². The Bertz CT molecular complexity index is 1080. The number of para-hydroxylation sites is 2. The second kappa shape index (κ2) is 8.53. The number of nitrogens with zero attached hydrogens (tertiary/aromatic N) is 2. The minimum Gasteiger partial charge on any atom is -0.306 e. The van der Waals surface area contributed by atoms with Gasteiger partial charge in [0.2, 0.25) is 5.91 Å². The molecule has 31 heavy (non-hydrogen) atoms. The highest BCUT2D eigenvalue weighted by molar-refractivity contribution is 7.07. The fourth-order valence-electron chi connectivity index (χ4n) is 3.78. The first-order chi connectivity index (χ1) is 15.2. The van der Waals surface area contributed by atoms with Crippen molar-refractivity contribution in [3.63, 3.8) is 0 Å². The van der Waals surface area contributed by atoms with Gasteiger partial charge >= 0.3 is 0 Å². The molecule has 5 rings (SSSR count). The van der Waals surface area contributed by atoms with Crippen LogP contribution in [0.1, 0.15) is 24.0 Å². The summed E-state index contributed by atoms with van der Waals surface area (Å²) in [4.78, 5) is 27.3. The minimum atomic E-state index is -0.0148. The molecule has 1 amide bonds. The second-order valence-corrected chi connectivity index (χ2v) is 8.82. The predicted molar refractivity (Wildman–Crippen MR) is 124 cm³/mol. The van der Waals surface area contributed by atoms with Gasteiger partial charge in [-0.05, 0) is 65.1 Å². The van der Waals surface area contributed by atoms with Gasteiger partial charge in [-0.1, -0.05) is 24.3 Å². The van der Waals surface area contributed by atoms with Crippen LogP contribution in [0.25, 0.3) is 0 Å². The van der Waals surface area contributed by atoms with Crippen molar-refractivity contribution in [1.29, 1.82) is 0 Å². The largest absolute Gasteiger partial charge is 0.306 e. The zero-order chi connectivity index (χ0) is 21.2. The van der Waals surface area contributed by atoms with Gasteiger partial charge in [0.25, 0.3) is 0 Å². The fraction of sp³-hybridized carbons (Fsp3) is 0.250. The van der Waals surface area contributed by atoms with E-state index in [1.54, 1.807) is 16.2 Å². The molecule has 1 aromatic heterocycles. The third kappa shape index (κ3) is 4.47. The topological polar surface area (TPSA) is 64.7 Å². The maximum absolute atomic E-state index is 13.4. The summed E-state index contributed by atoms with van der Waals surface area (Å²) in [6, 6.07) is 17.7. The van der Waals surface area contributed by atoms with Gasteiger partial charge in [-0.15, -0.1) is 5.53 Å². The lowest BCUT2D eigenvalue weighted by Crippen LogP contribution is -2.45. The van der Waals surface area contributed by atoms with Crippen LogP contribution in [0, 0.1) is 5.92 Å². The predicted octanol–water partition coefficient (Wildman–Crippen LogP) is 4.15. The van der Waals surface area contributed by atoms with Crippen molar-refractivity contribution >= 4 is 40.1 Å². The molecule has 2 heterocycles. The van der Waals surface area contributed by atoms with Crippen LogP contribution in [-0.2, 0) is 22.6 Å². The van der Waals surface area contributed by atoms with E-state index in [9.17, 15) is 9.59 Å². The minimum absolute atomic E-state index is 0.0148. The Balaban J connectivity index is 1.34. The summed E-state index contributed by atoms with van der Waals surface area (Å²) in [5.41, 5.74) is 11.0. The van der Waals surface area contributed by atoms with E-state index in [0.29, 0.717) is 18.7 Å². The number of Topliss-reactive ketones (excluding diaryl/α,β-unsaturated/α-hetero) is 1. The highest BCUT2D eigenvalue weighted by Crippen LogP contribution is 2.31. The van der Waals surface area contributed by atoms with E-state index in [4.69, 9.17) is 0 Å². The van der Waals surface area contributed by atoms with Crippen LogP contribution in [0.5, 0.6) is 0 Å². The molecule has 158 valence electrons. The molecule has 0 radical (unpaired) electrons. The molecule has 3 aromatic rings. The van der Waals surface area contributed by atoms with E-state index in [2.05, 4.69) is 16.3 Å². The number of nitrogens with one attached hydrogen (secondary N) is 2. The molecule has 0 unspecified atom stereocenters. The first-order valence-electron chi connectivity index (χ1n) is 10.5. The maximum atomic E-state index is 13.4. The van der Waals surface area contributed by atoms with Crippen molar-refractivity contribution < 1.29 is 9.59 Å². The number of fused-ring (bicyclic) bond motifs is 1. The second-order valence-electron chi connectivity index (χ2n) is 8.04. The van der Waals surface area contributed by atoms with E-state index in [-0.39, 0.29) is 18.4 Å². The molecule has 1 fully saturated rings. The Kier molecular flexibility index (Phi) is 5.44. The average Bonchev–Trinajstić information content (AvgIpc) is 3.38. The van der Waals surface area contributed by atoms with Gasteiger partial charge in [0.05, 0.1) is 17.9 Å². The number of anilines is 3. The van der Waals surface area contributed by atoms with Crippen molar-refractivity contribution in [1.82, 2.24) is 5.53 Å². The number of hydrogen-bond acceptors (Lipinski definition) is 6. The summed E-state index contributed by atoms with van der Waals surface area (Å²) >= 11 is 1.62. The van der Waals surface area contributed by atoms with E-state index < -0.39 is 0 Å². The van der Waals surface area contributed by atoms with E-state index in [1.807, 2.05) is 65.0 Å². The summed E-state index contributed by atoms with van der Waals surface area (Å²) in [5.74, 6) is 0.574. The highest BCUT2D eigenvalue weighted by Gasteiger charge is 2.29. The van der Waals surface area contributed by atoms with Gasteiger partial charge in [-0.25, -0.2) is 0 Å². The van der Waals surface area contributed by atoms with Crippen LogP contribution < -0.4 is 20.9 Å². The molecule has 0 spiro atoms. The standard InChI is InChI=1S/C24H24N4O2S/c29-23(19-7-8-19)13-17-5-9-20(10-6-17)27(14-18-11-12-31-16-18)24(30)15-28-22-4-2-1-3-21(22)25-26-28/h1-6,9-12,16,19,25-26H,7-8,13-15H2. The van der Waals surface area contributed by atoms with Crippen LogP contribution in [-0.4, -0.2) is 18.2 Å². The number of hydrogen-bond donors (Lipinski definition) is 2. The van der Waals surface area contributed by atoms with Crippen molar-refractivity contribution in [3.05, 3.63) is 76.5 Å². The first-order valence-corrected chi connectivity index (χ1v) is 11.4. The number of ketones is 1. The Morgan fingerprint density at radius 2 is 1.84 bits per heavy atom. The van der Waals surface area contributed by atoms with E-state index in [0.717, 1.165) is 41.0 Å². The van der Waals surface area contributed by atoms with Crippen LogP contribution >= 0.6 is 11.3 Å². The lowest BCUT2D eigenvalue weighted by atomic mass is 10.1. The van der Waals surface area contributed by atoms with Crippen molar-refractivity contribution in [2.24, 2.45) is 5.92 Å². The summed E-state index contributed by atoms with van der Waals surface area (Å²) in [6.07, 6.45) is 2.54. The Morgan fingerprint density at radius 3 is 2.58 bits per heavy atom. The normalized spacial score (nSPS) is 14.8. The van der Waals surface area contributed by atoms with Crippen LogP contribution in [0.4, 0.5) is 17.1 Å². The number of amides is 1. The molecular formula is C24H24N4O2S. The smallest absolute Gasteiger partial charge is 0.248 e. The SMILES string of the molecule is O=C(Cc1ccc(N(Cc2ccsc2)C(=O)CN2NNc3ccccc32)cc1)C1CC1. The zero-order valence-corrected chi connectivity index (χ0v) is 17.9. The summed E-state index contributed by atoms with van der Waals surface area (Å²) < 4.78 is 0. The van der Waals surface area contributed by atoms with Gasteiger partial charge in [0.15, 0.2) is 0 Å². The lowest BCUT2D eigenvalue weighted by Gasteiger charge is -2.26. The Labute approximate surface area is 185 Å². The van der Waals surface area contributed by atoms with Crippen molar-refractivity contribution in [2.45, 2.75) is 25.8 Å². The number of carbonyl (C=O) groups excluding carboxylic acids is 2. The van der Waals surface area contributed by atoms with Gasteiger partial charge in [-0.2, -0.15) is 11.3 Å². The number of hydrazine groups is 2. The van der Waals surface area contributed by atoms with Crippen LogP contribution in [0.15, 0.2) is 65.4 Å². The molecule has 2 aliphatic rings. The van der Waals surface area contributed by atoms with Crippen molar-refractivity contribution in [2.75, 3.05) is 21.9 Å². The maximum Gasteiger partial charge on any atom is 0.248 e. The van der Waals surface area contributed by atoms with Gasteiger partial charge < -0.3 is 10.3 Å². The molecule has 2 N–H and O–H groups in total. The van der Waals surface area contributed by atoms with Crippen LogP contribution in [0.3, 0.4) is 0 Å². The molecule has 0 bridgehead atoms. The molecule has 0 atom stereocenters. The molecular weight excluding hydrogens is 408 g/mol. The first kappa shape index (κ1) is 19.8. The molecule has 6 nitrogen and oxygen atoms in total. The monoisotopic (exact) mass is 432 g/mol.